The normalized spacial score (nSPS) is 22.2. The van der Waals surface area contributed by atoms with Crippen LogP contribution < -0.4 is 5.32 Å². The van der Waals surface area contributed by atoms with E-state index >= 15 is 0 Å². The van der Waals surface area contributed by atoms with Crippen LogP contribution in [0.1, 0.15) is 52.9 Å². The second-order valence-corrected chi connectivity index (χ2v) is 5.49. The Balaban J connectivity index is 2.23. The summed E-state index contributed by atoms with van der Waals surface area (Å²) >= 11 is 0. The molecular formula is C13H27NO. The highest BCUT2D eigenvalue weighted by atomic mass is 16.3. The average molecular weight is 213 g/mol. The summed E-state index contributed by atoms with van der Waals surface area (Å²) in [5.41, 5.74) is 0. The number of rotatable bonds is 6. The minimum absolute atomic E-state index is 0.257. The van der Waals surface area contributed by atoms with Gasteiger partial charge in [-0.15, -0.1) is 0 Å². The molecule has 1 unspecified atom stereocenters. The molecule has 0 aromatic heterocycles. The quantitative estimate of drug-likeness (QED) is 0.711. The van der Waals surface area contributed by atoms with Gasteiger partial charge in [-0.05, 0) is 25.2 Å². The number of aliphatic hydroxyl groups is 1. The topological polar surface area (TPSA) is 32.3 Å². The first-order chi connectivity index (χ1) is 7.13. The van der Waals surface area contributed by atoms with E-state index < -0.39 is 0 Å². The van der Waals surface area contributed by atoms with Crippen LogP contribution in [0.2, 0.25) is 0 Å². The van der Waals surface area contributed by atoms with Gasteiger partial charge in [0, 0.05) is 12.1 Å². The SMILES string of the molecule is CC(CC1CCCC1)N[C@H](CO)C(C)C. The van der Waals surface area contributed by atoms with E-state index in [1.54, 1.807) is 0 Å². The maximum absolute atomic E-state index is 9.24. The predicted octanol–water partition coefficient (Wildman–Crippen LogP) is 2.56. The average Bonchev–Trinajstić information content (AvgIpc) is 2.66. The van der Waals surface area contributed by atoms with Gasteiger partial charge in [-0.25, -0.2) is 0 Å². The molecular weight excluding hydrogens is 186 g/mol. The monoisotopic (exact) mass is 213 g/mol. The minimum Gasteiger partial charge on any atom is -0.395 e. The highest BCUT2D eigenvalue weighted by Gasteiger charge is 2.20. The Morgan fingerprint density at radius 2 is 1.80 bits per heavy atom. The molecule has 1 rings (SSSR count). The molecule has 1 aliphatic carbocycles. The standard InChI is InChI=1S/C13H27NO/c1-10(2)13(9-15)14-11(3)8-12-6-4-5-7-12/h10-15H,4-9H2,1-3H3/t11?,13-/m1/s1. The molecule has 15 heavy (non-hydrogen) atoms. The maximum atomic E-state index is 9.24. The van der Waals surface area contributed by atoms with Crippen molar-refractivity contribution in [1.82, 2.24) is 5.32 Å². The molecule has 2 N–H and O–H groups in total. The van der Waals surface area contributed by atoms with Crippen LogP contribution in [0.5, 0.6) is 0 Å². The third-order valence-corrected chi connectivity index (χ3v) is 3.66. The lowest BCUT2D eigenvalue weighted by Gasteiger charge is -2.26. The summed E-state index contributed by atoms with van der Waals surface area (Å²) in [5, 5.41) is 12.8. The van der Waals surface area contributed by atoms with Gasteiger partial charge in [-0.3, -0.25) is 0 Å². The lowest BCUT2D eigenvalue weighted by Crippen LogP contribution is -2.43. The van der Waals surface area contributed by atoms with E-state index in [1.165, 1.54) is 32.1 Å². The molecule has 0 saturated heterocycles. The summed E-state index contributed by atoms with van der Waals surface area (Å²) in [6.45, 7) is 6.84. The second kappa shape index (κ2) is 6.49. The van der Waals surface area contributed by atoms with Gasteiger partial charge in [0.1, 0.15) is 0 Å². The molecule has 1 saturated carbocycles. The van der Waals surface area contributed by atoms with Crippen molar-refractivity contribution < 1.29 is 5.11 Å². The third kappa shape index (κ3) is 4.52. The van der Waals surface area contributed by atoms with Crippen molar-refractivity contribution in [3.05, 3.63) is 0 Å². The zero-order valence-electron chi connectivity index (χ0n) is 10.5. The van der Waals surface area contributed by atoms with Crippen LogP contribution in [-0.2, 0) is 0 Å². The first kappa shape index (κ1) is 13.0. The predicted molar refractivity (Wildman–Crippen MR) is 64.9 cm³/mol. The Morgan fingerprint density at radius 1 is 1.20 bits per heavy atom. The molecule has 0 bridgehead atoms. The molecule has 2 atom stereocenters. The van der Waals surface area contributed by atoms with Gasteiger partial charge in [0.15, 0.2) is 0 Å². The van der Waals surface area contributed by atoms with Gasteiger partial charge in [0.2, 0.25) is 0 Å². The molecule has 1 aliphatic rings. The van der Waals surface area contributed by atoms with Gasteiger partial charge >= 0.3 is 0 Å². The second-order valence-electron chi connectivity index (χ2n) is 5.49. The Kier molecular flexibility index (Phi) is 5.62. The molecule has 0 spiro atoms. The molecule has 2 heteroatoms. The van der Waals surface area contributed by atoms with Crippen LogP contribution in [0, 0.1) is 11.8 Å². The Hall–Kier alpha value is -0.0800. The van der Waals surface area contributed by atoms with Crippen LogP contribution in [0.3, 0.4) is 0 Å². The fraction of sp³-hybridized carbons (Fsp3) is 1.00. The Morgan fingerprint density at radius 3 is 2.27 bits per heavy atom. The van der Waals surface area contributed by atoms with E-state index in [-0.39, 0.29) is 12.6 Å². The molecule has 90 valence electrons. The van der Waals surface area contributed by atoms with Gasteiger partial charge < -0.3 is 10.4 Å². The van der Waals surface area contributed by atoms with Crippen molar-refractivity contribution in [3.63, 3.8) is 0 Å². The Labute approximate surface area is 94.5 Å². The maximum Gasteiger partial charge on any atom is 0.0587 e. The summed E-state index contributed by atoms with van der Waals surface area (Å²) in [5.74, 6) is 1.44. The van der Waals surface area contributed by atoms with Crippen LogP contribution in [0.15, 0.2) is 0 Å². The number of nitrogens with one attached hydrogen (secondary N) is 1. The van der Waals surface area contributed by atoms with E-state index in [0.717, 1.165) is 5.92 Å². The molecule has 0 amide bonds. The first-order valence-electron chi connectivity index (χ1n) is 6.50. The third-order valence-electron chi connectivity index (χ3n) is 3.66. The number of hydrogen-bond acceptors (Lipinski definition) is 2. The summed E-state index contributed by atoms with van der Waals surface area (Å²) in [4.78, 5) is 0. The fourth-order valence-electron chi connectivity index (χ4n) is 2.64. The van der Waals surface area contributed by atoms with Gasteiger partial charge in [-0.2, -0.15) is 0 Å². The highest BCUT2D eigenvalue weighted by Crippen LogP contribution is 2.28. The smallest absolute Gasteiger partial charge is 0.0587 e. The molecule has 0 radical (unpaired) electrons. The van der Waals surface area contributed by atoms with Crippen molar-refractivity contribution in [2.24, 2.45) is 11.8 Å². The minimum atomic E-state index is 0.257. The van der Waals surface area contributed by atoms with Crippen LogP contribution in [-0.4, -0.2) is 23.8 Å². The van der Waals surface area contributed by atoms with Crippen molar-refractivity contribution >= 4 is 0 Å². The summed E-state index contributed by atoms with van der Waals surface area (Å²) in [6.07, 6.45) is 6.95. The zero-order chi connectivity index (χ0) is 11.3. The highest BCUT2D eigenvalue weighted by molar-refractivity contribution is 4.77. The number of hydrogen-bond donors (Lipinski definition) is 2. The fourth-order valence-corrected chi connectivity index (χ4v) is 2.64. The van der Waals surface area contributed by atoms with E-state index in [1.807, 2.05) is 0 Å². The van der Waals surface area contributed by atoms with E-state index in [0.29, 0.717) is 12.0 Å². The Bertz CT molecular complexity index is 164. The molecule has 0 heterocycles. The lowest BCUT2D eigenvalue weighted by atomic mass is 9.97. The zero-order valence-corrected chi connectivity index (χ0v) is 10.5. The molecule has 0 aliphatic heterocycles. The van der Waals surface area contributed by atoms with E-state index in [2.05, 4.69) is 26.1 Å². The van der Waals surface area contributed by atoms with Gasteiger partial charge in [-0.1, -0.05) is 39.5 Å². The van der Waals surface area contributed by atoms with Gasteiger partial charge in [0.05, 0.1) is 6.61 Å². The molecule has 0 aromatic rings. The van der Waals surface area contributed by atoms with E-state index in [9.17, 15) is 5.11 Å². The molecule has 2 nitrogen and oxygen atoms in total. The summed E-state index contributed by atoms with van der Waals surface area (Å²) < 4.78 is 0. The summed E-state index contributed by atoms with van der Waals surface area (Å²) in [7, 11) is 0. The number of aliphatic hydroxyl groups excluding tert-OH is 1. The van der Waals surface area contributed by atoms with Crippen molar-refractivity contribution in [1.29, 1.82) is 0 Å². The van der Waals surface area contributed by atoms with Crippen LogP contribution in [0.4, 0.5) is 0 Å². The van der Waals surface area contributed by atoms with Crippen molar-refractivity contribution in [2.75, 3.05) is 6.61 Å². The van der Waals surface area contributed by atoms with Crippen molar-refractivity contribution in [2.45, 2.75) is 65.0 Å². The summed E-state index contributed by atoms with van der Waals surface area (Å²) in [6, 6.07) is 0.814. The van der Waals surface area contributed by atoms with Gasteiger partial charge in [0.25, 0.3) is 0 Å². The van der Waals surface area contributed by atoms with Crippen molar-refractivity contribution in [3.8, 4) is 0 Å². The molecule has 0 aromatic carbocycles. The lowest BCUT2D eigenvalue weighted by molar-refractivity contribution is 0.195. The molecule has 1 fully saturated rings. The first-order valence-corrected chi connectivity index (χ1v) is 6.50. The van der Waals surface area contributed by atoms with E-state index in [4.69, 9.17) is 0 Å². The van der Waals surface area contributed by atoms with Crippen LogP contribution >= 0.6 is 0 Å². The largest absolute Gasteiger partial charge is 0.395 e. The van der Waals surface area contributed by atoms with Crippen LogP contribution in [0.25, 0.3) is 0 Å².